The van der Waals surface area contributed by atoms with Gasteiger partial charge >= 0.3 is 0 Å². The van der Waals surface area contributed by atoms with Crippen molar-refractivity contribution in [2.24, 2.45) is 0 Å². The summed E-state index contributed by atoms with van der Waals surface area (Å²) in [5, 5.41) is 9.68. The van der Waals surface area contributed by atoms with Crippen LogP contribution in [0.1, 0.15) is 0 Å². The largest absolute Gasteiger partial charge is 0.385 e. The monoisotopic (exact) mass is 192 g/mol. The lowest BCUT2D eigenvalue weighted by Crippen LogP contribution is -2.54. The Hall–Kier alpha value is -0.200. The van der Waals surface area contributed by atoms with Crippen LogP contribution in [0, 0.1) is 0 Å². The third-order valence-electron chi connectivity index (χ3n) is 2.21. The molecule has 0 aromatic carbocycles. The van der Waals surface area contributed by atoms with E-state index >= 15 is 0 Å². The van der Waals surface area contributed by atoms with Gasteiger partial charge in [0, 0.05) is 21.3 Å². The number of rotatable bonds is 3. The summed E-state index contributed by atoms with van der Waals surface area (Å²) < 4.78 is 20.3. The first-order valence-electron chi connectivity index (χ1n) is 4.12. The zero-order valence-electron chi connectivity index (χ0n) is 8.10. The lowest BCUT2D eigenvalue weighted by molar-refractivity contribution is -0.270. The van der Waals surface area contributed by atoms with E-state index in [0.29, 0.717) is 6.61 Å². The van der Waals surface area contributed by atoms with Crippen LogP contribution in [-0.2, 0) is 18.9 Å². The van der Waals surface area contributed by atoms with E-state index in [1.54, 1.807) is 7.11 Å². The fourth-order valence-corrected chi connectivity index (χ4v) is 1.46. The molecule has 5 heteroatoms. The minimum Gasteiger partial charge on any atom is -0.385 e. The van der Waals surface area contributed by atoms with Crippen LogP contribution in [0.2, 0.25) is 0 Å². The maximum absolute atomic E-state index is 9.68. The molecule has 4 atom stereocenters. The molecule has 1 heterocycles. The third-order valence-corrected chi connectivity index (χ3v) is 2.21. The van der Waals surface area contributed by atoms with Gasteiger partial charge in [-0.1, -0.05) is 0 Å². The minimum absolute atomic E-state index is 0.244. The van der Waals surface area contributed by atoms with Crippen molar-refractivity contribution in [2.45, 2.75) is 24.6 Å². The summed E-state index contributed by atoms with van der Waals surface area (Å²) in [6.07, 6.45) is -2.08. The maximum atomic E-state index is 9.68. The van der Waals surface area contributed by atoms with Crippen LogP contribution in [0.15, 0.2) is 0 Å². The van der Waals surface area contributed by atoms with Gasteiger partial charge in [-0.25, -0.2) is 0 Å². The molecule has 0 aliphatic carbocycles. The van der Waals surface area contributed by atoms with E-state index < -0.39 is 18.5 Å². The van der Waals surface area contributed by atoms with E-state index in [9.17, 15) is 5.11 Å². The van der Waals surface area contributed by atoms with Crippen molar-refractivity contribution in [2.75, 3.05) is 27.9 Å². The van der Waals surface area contributed by atoms with Gasteiger partial charge in [0.2, 0.25) is 0 Å². The fourth-order valence-electron chi connectivity index (χ4n) is 1.46. The van der Waals surface area contributed by atoms with E-state index in [2.05, 4.69) is 0 Å². The first-order chi connectivity index (χ1) is 6.24. The fraction of sp³-hybridized carbons (Fsp3) is 1.00. The molecule has 0 aromatic rings. The summed E-state index contributed by atoms with van der Waals surface area (Å²) in [4.78, 5) is 0. The molecule has 0 aromatic heterocycles. The van der Waals surface area contributed by atoms with E-state index in [4.69, 9.17) is 18.9 Å². The Balaban J connectivity index is 2.59. The van der Waals surface area contributed by atoms with Crippen molar-refractivity contribution in [1.29, 1.82) is 0 Å². The molecule has 1 aliphatic heterocycles. The predicted octanol–water partition coefficient (Wildman–Crippen LogP) is -0.620. The highest BCUT2D eigenvalue weighted by atomic mass is 16.7. The predicted molar refractivity (Wildman–Crippen MR) is 44.3 cm³/mol. The molecule has 0 radical (unpaired) electrons. The van der Waals surface area contributed by atoms with Crippen molar-refractivity contribution in [3.8, 4) is 0 Å². The number of hydrogen-bond donors (Lipinski definition) is 1. The summed E-state index contributed by atoms with van der Waals surface area (Å²) in [6.45, 7) is 0.366. The van der Waals surface area contributed by atoms with Crippen LogP contribution in [-0.4, -0.2) is 57.6 Å². The van der Waals surface area contributed by atoms with Crippen LogP contribution in [0.5, 0.6) is 0 Å². The highest BCUT2D eigenvalue weighted by Gasteiger charge is 2.40. The van der Waals surface area contributed by atoms with Gasteiger partial charge in [0.05, 0.1) is 6.61 Å². The van der Waals surface area contributed by atoms with Gasteiger partial charge in [-0.05, 0) is 0 Å². The first kappa shape index (κ1) is 10.9. The molecule has 1 fully saturated rings. The summed E-state index contributed by atoms with van der Waals surface area (Å²) in [5.41, 5.74) is 0. The topological polar surface area (TPSA) is 57.2 Å². The Bertz CT molecular complexity index is 151. The second kappa shape index (κ2) is 4.88. The molecule has 0 spiro atoms. The van der Waals surface area contributed by atoms with E-state index in [-0.39, 0.29) is 6.10 Å². The molecular weight excluding hydrogens is 176 g/mol. The van der Waals surface area contributed by atoms with Crippen molar-refractivity contribution in [1.82, 2.24) is 0 Å². The Morgan fingerprint density at radius 3 is 2.31 bits per heavy atom. The molecule has 1 unspecified atom stereocenters. The molecule has 1 rings (SSSR count). The SMILES string of the molecule is COC1OC[C@@H](OC)[C@H](OC)[C@H]1O. The van der Waals surface area contributed by atoms with Crippen LogP contribution >= 0.6 is 0 Å². The average molecular weight is 192 g/mol. The van der Waals surface area contributed by atoms with Crippen LogP contribution in [0.4, 0.5) is 0 Å². The Morgan fingerprint density at radius 2 is 1.85 bits per heavy atom. The maximum Gasteiger partial charge on any atom is 0.185 e. The zero-order chi connectivity index (χ0) is 9.84. The van der Waals surface area contributed by atoms with Crippen molar-refractivity contribution >= 4 is 0 Å². The smallest absolute Gasteiger partial charge is 0.185 e. The van der Waals surface area contributed by atoms with Crippen molar-refractivity contribution in [3.05, 3.63) is 0 Å². The van der Waals surface area contributed by atoms with Crippen molar-refractivity contribution < 1.29 is 24.1 Å². The number of aliphatic hydroxyl groups excluding tert-OH is 1. The molecule has 1 N–H and O–H groups in total. The van der Waals surface area contributed by atoms with E-state index in [0.717, 1.165) is 0 Å². The second-order valence-electron chi connectivity index (χ2n) is 2.90. The molecular formula is C8H16O5. The Kier molecular flexibility index (Phi) is 4.08. The summed E-state index contributed by atoms with van der Waals surface area (Å²) >= 11 is 0. The standard InChI is InChI=1S/C8H16O5/c1-10-5-4-13-8(12-3)6(9)7(5)11-2/h5-9H,4H2,1-3H3/t5-,6-,7+,8?/m1/s1. The quantitative estimate of drug-likeness (QED) is 0.646. The lowest BCUT2D eigenvalue weighted by Gasteiger charge is -2.37. The zero-order valence-corrected chi connectivity index (χ0v) is 8.10. The second-order valence-corrected chi connectivity index (χ2v) is 2.90. The Morgan fingerprint density at radius 1 is 1.15 bits per heavy atom. The highest BCUT2D eigenvalue weighted by molar-refractivity contribution is 4.84. The van der Waals surface area contributed by atoms with Crippen molar-refractivity contribution in [3.63, 3.8) is 0 Å². The van der Waals surface area contributed by atoms with Gasteiger partial charge in [-0.2, -0.15) is 0 Å². The van der Waals surface area contributed by atoms with Gasteiger partial charge in [-0.3, -0.25) is 0 Å². The molecule has 1 aliphatic rings. The van der Waals surface area contributed by atoms with E-state index in [1.165, 1.54) is 14.2 Å². The molecule has 0 bridgehead atoms. The Labute approximate surface area is 77.5 Å². The van der Waals surface area contributed by atoms with E-state index in [1.807, 2.05) is 0 Å². The number of aliphatic hydroxyl groups is 1. The minimum atomic E-state index is -0.811. The molecule has 78 valence electrons. The average Bonchev–Trinajstić information content (AvgIpc) is 2.17. The first-order valence-corrected chi connectivity index (χ1v) is 4.12. The van der Waals surface area contributed by atoms with Crippen LogP contribution in [0.3, 0.4) is 0 Å². The summed E-state index contributed by atoms with van der Waals surface area (Å²) in [7, 11) is 4.56. The van der Waals surface area contributed by atoms with Gasteiger partial charge in [0.25, 0.3) is 0 Å². The summed E-state index contributed by atoms with van der Waals surface area (Å²) in [5.74, 6) is 0. The number of methoxy groups -OCH3 is 3. The molecule has 13 heavy (non-hydrogen) atoms. The summed E-state index contributed by atoms with van der Waals surface area (Å²) in [6, 6.07) is 0. The number of hydrogen-bond acceptors (Lipinski definition) is 5. The highest BCUT2D eigenvalue weighted by Crippen LogP contribution is 2.19. The van der Waals surface area contributed by atoms with Gasteiger partial charge in [0.1, 0.15) is 18.3 Å². The van der Waals surface area contributed by atoms with Crippen LogP contribution in [0.25, 0.3) is 0 Å². The van der Waals surface area contributed by atoms with Gasteiger partial charge < -0.3 is 24.1 Å². The molecule has 5 nitrogen and oxygen atoms in total. The molecule has 1 saturated heterocycles. The molecule has 0 amide bonds. The lowest BCUT2D eigenvalue weighted by atomic mass is 10.1. The third kappa shape index (κ3) is 2.18. The van der Waals surface area contributed by atoms with Gasteiger partial charge in [0.15, 0.2) is 6.29 Å². The molecule has 0 saturated carbocycles. The van der Waals surface area contributed by atoms with Crippen LogP contribution < -0.4 is 0 Å². The normalized spacial score (nSPS) is 40.6. The van der Waals surface area contributed by atoms with Gasteiger partial charge in [-0.15, -0.1) is 0 Å². The number of ether oxygens (including phenoxy) is 4.